The van der Waals surface area contributed by atoms with Gasteiger partial charge in [0.05, 0.1) is 17.0 Å². The maximum absolute atomic E-state index is 12.4. The Kier molecular flexibility index (Phi) is 5.62. The van der Waals surface area contributed by atoms with Gasteiger partial charge >= 0.3 is 0 Å². The summed E-state index contributed by atoms with van der Waals surface area (Å²) in [7, 11) is -3.66. The molecule has 2 N–H and O–H groups in total. The van der Waals surface area contributed by atoms with Crippen molar-refractivity contribution < 1.29 is 18.3 Å². The van der Waals surface area contributed by atoms with Crippen LogP contribution in [0.15, 0.2) is 29.2 Å². The van der Waals surface area contributed by atoms with Gasteiger partial charge in [-0.3, -0.25) is 0 Å². The zero-order valence-corrected chi connectivity index (χ0v) is 13.3. The third-order valence-electron chi connectivity index (χ3n) is 3.72. The first-order valence-corrected chi connectivity index (χ1v) is 8.91. The van der Waals surface area contributed by atoms with Crippen molar-refractivity contribution in [2.75, 3.05) is 25.7 Å². The fourth-order valence-corrected chi connectivity index (χ4v) is 4.01. The summed E-state index contributed by atoms with van der Waals surface area (Å²) < 4.78 is 32.8. The maximum atomic E-state index is 12.4. The number of aliphatic hydroxyl groups is 1. The van der Waals surface area contributed by atoms with Gasteiger partial charge in [0.2, 0.25) is 10.0 Å². The Balaban J connectivity index is 2.16. The largest absolute Gasteiger partial charge is 0.394 e. The third kappa shape index (κ3) is 4.17. The molecule has 5 nitrogen and oxygen atoms in total. The standard InChI is InChI=1S/C14H20ClNO4S/c15-8-5-12-1-3-13(4-2-12)21(18,19)16-14(11-17)6-9-20-10-7-14/h1-4,16-17H,5-11H2. The number of rotatable bonds is 6. The van der Waals surface area contributed by atoms with Gasteiger partial charge in [-0.25, -0.2) is 13.1 Å². The minimum atomic E-state index is -3.66. The minimum absolute atomic E-state index is 0.195. The highest BCUT2D eigenvalue weighted by Gasteiger charge is 2.36. The van der Waals surface area contributed by atoms with Crippen molar-refractivity contribution in [1.82, 2.24) is 4.72 Å². The van der Waals surface area contributed by atoms with Crippen LogP contribution in [0.5, 0.6) is 0 Å². The number of hydrogen-bond donors (Lipinski definition) is 2. The third-order valence-corrected chi connectivity index (χ3v) is 5.50. The molecule has 1 aromatic rings. The second kappa shape index (κ2) is 7.07. The number of nitrogens with one attached hydrogen (secondary N) is 1. The maximum Gasteiger partial charge on any atom is 0.241 e. The predicted octanol–water partition coefficient (Wildman–Crippen LogP) is 1.29. The average Bonchev–Trinajstić information content (AvgIpc) is 2.49. The van der Waals surface area contributed by atoms with Crippen LogP contribution in [0.3, 0.4) is 0 Å². The summed E-state index contributed by atoms with van der Waals surface area (Å²) in [5.41, 5.74) is 0.165. The number of sulfonamides is 1. The molecule has 0 bridgehead atoms. The van der Waals surface area contributed by atoms with Gasteiger partial charge in [-0.15, -0.1) is 11.6 Å². The summed E-state index contributed by atoms with van der Waals surface area (Å²) >= 11 is 5.66. The molecule has 0 radical (unpaired) electrons. The molecule has 0 aromatic heterocycles. The molecule has 0 amide bonds. The Morgan fingerprint density at radius 3 is 2.38 bits per heavy atom. The van der Waals surface area contributed by atoms with Gasteiger partial charge in [-0.1, -0.05) is 12.1 Å². The minimum Gasteiger partial charge on any atom is -0.394 e. The van der Waals surface area contributed by atoms with E-state index in [0.717, 1.165) is 5.56 Å². The molecule has 1 heterocycles. The van der Waals surface area contributed by atoms with Crippen LogP contribution >= 0.6 is 11.6 Å². The molecule has 0 unspecified atom stereocenters. The van der Waals surface area contributed by atoms with Crippen LogP contribution in [0, 0.1) is 0 Å². The monoisotopic (exact) mass is 333 g/mol. The van der Waals surface area contributed by atoms with E-state index in [2.05, 4.69) is 4.72 Å². The first-order chi connectivity index (χ1) is 10.0. The van der Waals surface area contributed by atoms with Gasteiger partial charge < -0.3 is 9.84 Å². The molecule has 1 aromatic carbocycles. The SMILES string of the molecule is O=S(=O)(NC1(CO)CCOCC1)c1ccc(CCCl)cc1. The summed E-state index contributed by atoms with van der Waals surface area (Å²) in [5, 5.41) is 9.57. The Morgan fingerprint density at radius 1 is 1.24 bits per heavy atom. The van der Waals surface area contributed by atoms with Crippen LogP contribution in [0.1, 0.15) is 18.4 Å². The van der Waals surface area contributed by atoms with Gasteiger partial charge in [0.25, 0.3) is 0 Å². The van der Waals surface area contributed by atoms with Crippen molar-refractivity contribution in [2.45, 2.75) is 29.7 Å². The van der Waals surface area contributed by atoms with Crippen LogP contribution < -0.4 is 4.72 Å². The number of alkyl halides is 1. The first-order valence-electron chi connectivity index (χ1n) is 6.89. The molecule has 1 saturated heterocycles. The summed E-state index contributed by atoms with van der Waals surface area (Å²) in [6, 6.07) is 6.64. The van der Waals surface area contributed by atoms with E-state index in [-0.39, 0.29) is 11.5 Å². The number of aryl methyl sites for hydroxylation is 1. The molecular formula is C14H20ClNO4S. The fraction of sp³-hybridized carbons (Fsp3) is 0.571. The zero-order chi connectivity index (χ0) is 15.3. The van der Waals surface area contributed by atoms with Crippen molar-refractivity contribution in [3.63, 3.8) is 0 Å². The number of aliphatic hydroxyl groups excluding tert-OH is 1. The first kappa shape index (κ1) is 16.7. The van der Waals surface area contributed by atoms with E-state index in [1.807, 2.05) is 0 Å². The Bertz CT molecular complexity index is 553. The quantitative estimate of drug-likeness (QED) is 0.769. The summed E-state index contributed by atoms with van der Waals surface area (Å²) in [6.45, 7) is 0.648. The van der Waals surface area contributed by atoms with Gasteiger partial charge in [0, 0.05) is 19.1 Å². The van der Waals surface area contributed by atoms with Crippen molar-refractivity contribution in [2.24, 2.45) is 0 Å². The van der Waals surface area contributed by atoms with E-state index in [1.165, 1.54) is 0 Å². The van der Waals surface area contributed by atoms with Gasteiger partial charge in [-0.05, 0) is 37.0 Å². The fourth-order valence-electron chi connectivity index (χ4n) is 2.34. The van der Waals surface area contributed by atoms with E-state index in [1.54, 1.807) is 24.3 Å². The summed E-state index contributed by atoms with van der Waals surface area (Å²) in [6.07, 6.45) is 1.63. The Labute approximate surface area is 130 Å². The lowest BCUT2D eigenvalue weighted by Crippen LogP contribution is -2.54. The van der Waals surface area contributed by atoms with Crippen LogP contribution in [0.4, 0.5) is 0 Å². The molecule has 118 valence electrons. The molecule has 1 aliphatic heterocycles. The lowest BCUT2D eigenvalue weighted by Gasteiger charge is -2.35. The van der Waals surface area contributed by atoms with Gasteiger partial charge in [0.15, 0.2) is 0 Å². The number of hydrogen-bond acceptors (Lipinski definition) is 4. The van der Waals surface area contributed by atoms with Crippen molar-refractivity contribution >= 4 is 21.6 Å². The highest BCUT2D eigenvalue weighted by molar-refractivity contribution is 7.89. The highest BCUT2D eigenvalue weighted by Crippen LogP contribution is 2.23. The molecule has 0 saturated carbocycles. The molecular weight excluding hydrogens is 314 g/mol. The van der Waals surface area contributed by atoms with Crippen LogP contribution in [-0.2, 0) is 21.2 Å². The molecule has 0 atom stereocenters. The van der Waals surface area contributed by atoms with E-state index in [4.69, 9.17) is 16.3 Å². The van der Waals surface area contributed by atoms with Gasteiger partial charge in [-0.2, -0.15) is 0 Å². The van der Waals surface area contributed by atoms with Crippen LogP contribution in [-0.4, -0.2) is 44.8 Å². The summed E-state index contributed by atoms with van der Waals surface area (Å²) in [5.74, 6) is 0.498. The molecule has 1 aliphatic rings. The van der Waals surface area contributed by atoms with Crippen molar-refractivity contribution in [3.05, 3.63) is 29.8 Å². The van der Waals surface area contributed by atoms with Crippen LogP contribution in [0.2, 0.25) is 0 Å². The lowest BCUT2D eigenvalue weighted by atomic mass is 9.93. The second-order valence-corrected chi connectivity index (χ2v) is 7.30. The van der Waals surface area contributed by atoms with Crippen LogP contribution in [0.25, 0.3) is 0 Å². The average molecular weight is 334 g/mol. The molecule has 7 heteroatoms. The number of benzene rings is 1. The van der Waals surface area contributed by atoms with Crippen molar-refractivity contribution in [3.8, 4) is 0 Å². The van der Waals surface area contributed by atoms with Crippen molar-refractivity contribution in [1.29, 1.82) is 0 Å². The Hall–Kier alpha value is -0.660. The number of ether oxygens (including phenoxy) is 1. The zero-order valence-electron chi connectivity index (χ0n) is 11.7. The van der Waals surface area contributed by atoms with E-state index < -0.39 is 15.6 Å². The van der Waals surface area contributed by atoms with Gasteiger partial charge in [0.1, 0.15) is 0 Å². The molecule has 0 spiro atoms. The second-order valence-electron chi connectivity index (χ2n) is 5.24. The van der Waals surface area contributed by atoms with E-state index in [0.29, 0.717) is 38.4 Å². The highest BCUT2D eigenvalue weighted by atomic mass is 35.5. The molecule has 0 aliphatic carbocycles. The molecule has 2 rings (SSSR count). The molecule has 21 heavy (non-hydrogen) atoms. The predicted molar refractivity (Wildman–Crippen MR) is 81.1 cm³/mol. The lowest BCUT2D eigenvalue weighted by molar-refractivity contribution is 0.0223. The van der Waals surface area contributed by atoms with E-state index >= 15 is 0 Å². The molecule has 1 fully saturated rings. The topological polar surface area (TPSA) is 75.6 Å². The summed E-state index contributed by atoms with van der Waals surface area (Å²) in [4.78, 5) is 0.195. The van der Waals surface area contributed by atoms with E-state index in [9.17, 15) is 13.5 Å². The number of halogens is 1. The smallest absolute Gasteiger partial charge is 0.241 e. The Morgan fingerprint density at radius 2 is 1.86 bits per heavy atom. The normalized spacial score (nSPS) is 18.6.